The molecule has 6 nitrogen and oxygen atoms in total. The Hall–Kier alpha value is -2.37. The predicted molar refractivity (Wildman–Crippen MR) is 54.4 cm³/mol. The van der Waals surface area contributed by atoms with E-state index in [2.05, 4.69) is 10.1 Å². The van der Waals surface area contributed by atoms with Crippen LogP contribution in [0.15, 0.2) is 24.3 Å². The van der Waals surface area contributed by atoms with E-state index >= 15 is 0 Å². The number of para-hydroxylation sites is 1. The lowest BCUT2D eigenvalue weighted by Gasteiger charge is -2.07. The molecule has 0 heterocycles. The number of methoxy groups -OCH3 is 1. The van der Waals surface area contributed by atoms with Crippen molar-refractivity contribution in [3.05, 3.63) is 29.8 Å². The van der Waals surface area contributed by atoms with E-state index in [4.69, 9.17) is 5.11 Å². The first-order valence-corrected chi connectivity index (χ1v) is 4.28. The second-order valence-corrected chi connectivity index (χ2v) is 2.80. The minimum Gasteiger partial charge on any atom is -0.475 e. The summed E-state index contributed by atoms with van der Waals surface area (Å²) in [5, 5.41) is 10.8. The number of aliphatic carboxylic acids is 1. The maximum atomic E-state index is 11.2. The average Bonchev–Trinajstić information content (AvgIpc) is 2.28. The molecule has 0 saturated carbocycles. The Morgan fingerprint density at radius 1 is 1.25 bits per heavy atom. The van der Waals surface area contributed by atoms with Gasteiger partial charge in [0, 0.05) is 0 Å². The molecule has 0 unspecified atom stereocenters. The van der Waals surface area contributed by atoms with Crippen LogP contribution >= 0.6 is 0 Å². The quantitative estimate of drug-likeness (QED) is 0.591. The van der Waals surface area contributed by atoms with Crippen molar-refractivity contribution in [1.29, 1.82) is 0 Å². The molecule has 16 heavy (non-hydrogen) atoms. The summed E-state index contributed by atoms with van der Waals surface area (Å²) in [6, 6.07) is 5.78. The highest BCUT2D eigenvalue weighted by Crippen LogP contribution is 2.15. The Labute approximate surface area is 90.8 Å². The zero-order valence-corrected chi connectivity index (χ0v) is 8.39. The molecule has 0 bridgehead atoms. The number of ketones is 1. The third-order valence-corrected chi connectivity index (χ3v) is 1.79. The molecule has 1 rings (SSSR count). The maximum absolute atomic E-state index is 11.2. The van der Waals surface area contributed by atoms with Gasteiger partial charge in [0.25, 0.3) is 5.78 Å². The SMILES string of the molecule is COC(=O)Nc1ccccc1C(=O)C(=O)O. The third kappa shape index (κ3) is 2.57. The van der Waals surface area contributed by atoms with Gasteiger partial charge < -0.3 is 9.84 Å². The summed E-state index contributed by atoms with van der Waals surface area (Å²) in [4.78, 5) is 32.7. The highest BCUT2D eigenvalue weighted by atomic mass is 16.5. The van der Waals surface area contributed by atoms with E-state index in [-0.39, 0.29) is 11.3 Å². The molecule has 1 aromatic rings. The molecular formula is C10H9NO5. The van der Waals surface area contributed by atoms with Crippen LogP contribution < -0.4 is 5.32 Å². The molecule has 0 aliphatic heterocycles. The van der Waals surface area contributed by atoms with E-state index < -0.39 is 17.8 Å². The highest BCUT2D eigenvalue weighted by molar-refractivity contribution is 6.41. The standard InChI is InChI=1S/C10H9NO5/c1-16-10(15)11-7-5-3-2-4-6(7)8(12)9(13)14/h2-5H,1H3,(H,11,15)(H,13,14). The summed E-state index contributed by atoms with van der Waals surface area (Å²) in [6.45, 7) is 0. The van der Waals surface area contributed by atoms with Crippen LogP contribution in [0.2, 0.25) is 0 Å². The number of benzene rings is 1. The summed E-state index contributed by atoms with van der Waals surface area (Å²) in [6.07, 6.45) is -0.773. The minimum atomic E-state index is -1.58. The normalized spacial score (nSPS) is 9.31. The number of carbonyl (C=O) groups is 3. The van der Waals surface area contributed by atoms with Crippen molar-refractivity contribution in [2.24, 2.45) is 0 Å². The number of anilines is 1. The Morgan fingerprint density at radius 3 is 2.44 bits per heavy atom. The molecule has 0 atom stereocenters. The van der Waals surface area contributed by atoms with Gasteiger partial charge in [0.1, 0.15) is 0 Å². The van der Waals surface area contributed by atoms with Gasteiger partial charge in [-0.3, -0.25) is 10.1 Å². The van der Waals surface area contributed by atoms with Gasteiger partial charge in [-0.2, -0.15) is 0 Å². The number of hydrogen-bond acceptors (Lipinski definition) is 4. The van der Waals surface area contributed by atoms with Gasteiger partial charge in [-0.05, 0) is 12.1 Å². The predicted octanol–water partition coefficient (Wildman–Crippen LogP) is 1.13. The van der Waals surface area contributed by atoms with Crippen LogP contribution in [0.4, 0.5) is 10.5 Å². The molecule has 1 aromatic carbocycles. The lowest BCUT2D eigenvalue weighted by atomic mass is 10.1. The lowest BCUT2D eigenvalue weighted by molar-refractivity contribution is -0.131. The van der Waals surface area contributed by atoms with Gasteiger partial charge in [0.15, 0.2) is 0 Å². The second-order valence-electron chi connectivity index (χ2n) is 2.80. The smallest absolute Gasteiger partial charge is 0.411 e. The molecule has 0 fully saturated rings. The number of amides is 1. The van der Waals surface area contributed by atoms with Crippen LogP contribution in [0.3, 0.4) is 0 Å². The van der Waals surface area contributed by atoms with Gasteiger partial charge >= 0.3 is 12.1 Å². The number of carbonyl (C=O) groups excluding carboxylic acids is 2. The number of nitrogens with one attached hydrogen (secondary N) is 1. The number of ether oxygens (including phenoxy) is 1. The van der Waals surface area contributed by atoms with Crippen LogP contribution in [0.25, 0.3) is 0 Å². The van der Waals surface area contributed by atoms with E-state index in [9.17, 15) is 14.4 Å². The van der Waals surface area contributed by atoms with Crippen molar-refractivity contribution in [1.82, 2.24) is 0 Å². The van der Waals surface area contributed by atoms with Crippen molar-refractivity contribution < 1.29 is 24.2 Å². The first kappa shape index (κ1) is 11.7. The van der Waals surface area contributed by atoms with Gasteiger partial charge in [-0.15, -0.1) is 0 Å². The van der Waals surface area contributed by atoms with Crippen LogP contribution in [-0.4, -0.2) is 30.1 Å². The molecule has 0 aromatic heterocycles. The monoisotopic (exact) mass is 223 g/mol. The summed E-state index contributed by atoms with van der Waals surface area (Å²) in [5.74, 6) is -2.67. The molecule has 84 valence electrons. The summed E-state index contributed by atoms with van der Waals surface area (Å²) < 4.78 is 4.34. The fourth-order valence-electron chi connectivity index (χ4n) is 1.07. The largest absolute Gasteiger partial charge is 0.475 e. The fourth-order valence-corrected chi connectivity index (χ4v) is 1.07. The molecule has 0 aliphatic rings. The van der Waals surface area contributed by atoms with E-state index in [1.807, 2.05) is 0 Å². The topological polar surface area (TPSA) is 92.7 Å². The molecule has 6 heteroatoms. The van der Waals surface area contributed by atoms with Crippen molar-refractivity contribution in [3.63, 3.8) is 0 Å². The van der Waals surface area contributed by atoms with Crippen LogP contribution in [0.5, 0.6) is 0 Å². The zero-order valence-electron chi connectivity index (χ0n) is 8.39. The Kier molecular flexibility index (Phi) is 3.60. The van der Waals surface area contributed by atoms with E-state index in [0.717, 1.165) is 7.11 Å². The first-order valence-electron chi connectivity index (χ1n) is 4.28. The summed E-state index contributed by atoms with van der Waals surface area (Å²) in [7, 11) is 1.16. The van der Waals surface area contributed by atoms with E-state index in [1.54, 1.807) is 6.07 Å². The maximum Gasteiger partial charge on any atom is 0.411 e. The molecule has 0 spiro atoms. The Balaban J connectivity index is 3.05. The Morgan fingerprint density at radius 2 is 1.88 bits per heavy atom. The molecule has 0 saturated heterocycles. The van der Waals surface area contributed by atoms with Crippen molar-refractivity contribution in [2.45, 2.75) is 0 Å². The fraction of sp³-hybridized carbons (Fsp3) is 0.100. The van der Waals surface area contributed by atoms with Gasteiger partial charge in [0.2, 0.25) is 0 Å². The Bertz CT molecular complexity index is 441. The summed E-state index contributed by atoms with van der Waals surface area (Å²) in [5.41, 5.74) is 0.00199. The van der Waals surface area contributed by atoms with E-state index in [0.29, 0.717) is 0 Å². The van der Waals surface area contributed by atoms with Crippen LogP contribution in [0, 0.1) is 0 Å². The molecule has 0 aliphatic carbocycles. The summed E-state index contributed by atoms with van der Waals surface area (Å²) >= 11 is 0. The first-order chi connectivity index (χ1) is 7.56. The minimum absolute atomic E-state index is 0.0969. The zero-order chi connectivity index (χ0) is 12.1. The van der Waals surface area contributed by atoms with Gasteiger partial charge in [0.05, 0.1) is 18.4 Å². The van der Waals surface area contributed by atoms with Gasteiger partial charge in [-0.1, -0.05) is 12.1 Å². The third-order valence-electron chi connectivity index (χ3n) is 1.79. The number of rotatable bonds is 3. The number of carboxylic acid groups (broad SMARTS) is 1. The van der Waals surface area contributed by atoms with Crippen molar-refractivity contribution in [3.8, 4) is 0 Å². The number of carboxylic acids is 1. The van der Waals surface area contributed by atoms with Crippen molar-refractivity contribution >= 4 is 23.5 Å². The number of Topliss-reactive ketones (excluding diaryl/α,β-unsaturated/α-hetero) is 1. The number of hydrogen-bond donors (Lipinski definition) is 2. The molecule has 2 N–H and O–H groups in total. The molecule has 1 amide bonds. The highest BCUT2D eigenvalue weighted by Gasteiger charge is 2.18. The van der Waals surface area contributed by atoms with Crippen LogP contribution in [-0.2, 0) is 9.53 Å². The van der Waals surface area contributed by atoms with E-state index in [1.165, 1.54) is 18.2 Å². The average molecular weight is 223 g/mol. The molecule has 0 radical (unpaired) electrons. The lowest BCUT2D eigenvalue weighted by Crippen LogP contribution is -2.18. The van der Waals surface area contributed by atoms with Gasteiger partial charge in [-0.25, -0.2) is 9.59 Å². The second kappa shape index (κ2) is 4.92. The van der Waals surface area contributed by atoms with Crippen molar-refractivity contribution in [2.75, 3.05) is 12.4 Å². The van der Waals surface area contributed by atoms with Crippen LogP contribution in [0.1, 0.15) is 10.4 Å². The molecular weight excluding hydrogens is 214 g/mol.